The number of pyridine rings is 1. The van der Waals surface area contributed by atoms with E-state index in [1.165, 1.54) is 12.1 Å². The van der Waals surface area contributed by atoms with Crippen LogP contribution in [0.2, 0.25) is 0 Å². The summed E-state index contributed by atoms with van der Waals surface area (Å²) in [6, 6.07) is 8.40. The van der Waals surface area contributed by atoms with Gasteiger partial charge in [-0.25, -0.2) is 4.79 Å². The van der Waals surface area contributed by atoms with E-state index >= 15 is 0 Å². The molecule has 0 aliphatic carbocycles. The largest absolute Gasteiger partial charge is 0.416 e. The molecule has 0 spiro atoms. The number of nitrogens with one attached hydrogen (secondary N) is 3. The Labute approximate surface area is 194 Å². The third-order valence-electron chi connectivity index (χ3n) is 5.44. The summed E-state index contributed by atoms with van der Waals surface area (Å²) in [7, 11) is 0. The molecule has 184 valence electrons. The molecule has 4 N–H and O–H groups in total. The molecule has 1 fully saturated rings. The number of hydrogen-bond donors (Lipinski definition) is 4. The maximum absolute atomic E-state index is 12.7. The fourth-order valence-electron chi connectivity index (χ4n) is 3.69. The van der Waals surface area contributed by atoms with Crippen molar-refractivity contribution < 1.29 is 32.6 Å². The summed E-state index contributed by atoms with van der Waals surface area (Å²) in [5, 5.41) is 17.7. The molecule has 8 nitrogen and oxygen atoms in total. The van der Waals surface area contributed by atoms with Gasteiger partial charge in [-0.3, -0.25) is 9.78 Å². The number of aliphatic hydroxyl groups is 1. The maximum Gasteiger partial charge on any atom is 0.416 e. The number of hydrogen-bond acceptors (Lipinski definition) is 5. The second-order valence-electron chi connectivity index (χ2n) is 7.97. The predicted octanol–water partition coefficient (Wildman–Crippen LogP) is 2.88. The highest BCUT2D eigenvalue weighted by Crippen LogP contribution is 2.29. The van der Waals surface area contributed by atoms with Gasteiger partial charge in [-0.15, -0.1) is 0 Å². The van der Waals surface area contributed by atoms with Gasteiger partial charge in [-0.1, -0.05) is 6.07 Å². The Morgan fingerprint density at radius 1 is 1.12 bits per heavy atom. The molecule has 11 heteroatoms. The third-order valence-corrected chi connectivity index (χ3v) is 5.44. The summed E-state index contributed by atoms with van der Waals surface area (Å²) in [5.41, 5.74) is 0.0818. The smallest absolute Gasteiger partial charge is 0.394 e. The molecule has 1 aliphatic heterocycles. The van der Waals surface area contributed by atoms with Crippen LogP contribution in [0.25, 0.3) is 0 Å². The molecular formula is C23H27F3N4O4. The van der Waals surface area contributed by atoms with E-state index in [9.17, 15) is 27.9 Å². The molecule has 1 aromatic carbocycles. The van der Waals surface area contributed by atoms with Crippen molar-refractivity contribution in [3.8, 4) is 0 Å². The second kappa shape index (κ2) is 11.8. The van der Waals surface area contributed by atoms with Gasteiger partial charge in [0.1, 0.15) is 6.10 Å². The third kappa shape index (κ3) is 7.70. The number of rotatable bonds is 8. The predicted molar refractivity (Wildman–Crippen MR) is 118 cm³/mol. The number of carbonyl (C=O) groups is 2. The number of benzene rings is 1. The molecule has 0 bridgehead atoms. The van der Waals surface area contributed by atoms with Crippen LogP contribution in [0.15, 0.2) is 48.7 Å². The van der Waals surface area contributed by atoms with Crippen LogP contribution in [0, 0.1) is 0 Å². The minimum Gasteiger partial charge on any atom is -0.394 e. The lowest BCUT2D eigenvalue weighted by molar-refractivity contribution is -0.137. The first-order chi connectivity index (χ1) is 16.2. The first-order valence-electron chi connectivity index (χ1n) is 10.9. The fourth-order valence-corrected chi connectivity index (χ4v) is 3.69. The highest BCUT2D eigenvalue weighted by molar-refractivity contribution is 5.89. The van der Waals surface area contributed by atoms with E-state index in [1.807, 2.05) is 6.07 Å². The highest BCUT2D eigenvalue weighted by Gasteiger charge is 2.32. The van der Waals surface area contributed by atoms with E-state index < -0.39 is 29.9 Å². The van der Waals surface area contributed by atoms with Gasteiger partial charge >= 0.3 is 12.2 Å². The van der Waals surface area contributed by atoms with Crippen molar-refractivity contribution in [3.05, 3.63) is 59.9 Å². The normalized spacial score (nSPS) is 20.4. The molecule has 1 aromatic heterocycles. The zero-order chi connectivity index (χ0) is 24.6. The lowest BCUT2D eigenvalue weighted by atomic mass is 9.97. The van der Waals surface area contributed by atoms with Gasteiger partial charge < -0.3 is 25.8 Å². The summed E-state index contributed by atoms with van der Waals surface area (Å²) < 4.78 is 43.8. The Bertz CT molecular complexity index is 941. The molecule has 3 rings (SSSR count). The van der Waals surface area contributed by atoms with Crippen LogP contribution in [0.4, 0.5) is 23.7 Å². The lowest BCUT2D eigenvalue weighted by Crippen LogP contribution is -2.52. The number of aliphatic hydroxyl groups excluding tert-OH is 1. The molecule has 2 aromatic rings. The van der Waals surface area contributed by atoms with E-state index in [4.69, 9.17) is 4.74 Å². The first-order valence-corrected chi connectivity index (χ1v) is 10.9. The summed E-state index contributed by atoms with van der Waals surface area (Å²) in [6.07, 6.45) is -1.77. The number of aromatic nitrogens is 1. The zero-order valence-electron chi connectivity index (χ0n) is 18.3. The van der Waals surface area contributed by atoms with Gasteiger partial charge in [-0.05, 0) is 55.7 Å². The fraction of sp³-hybridized carbons (Fsp3) is 0.435. The van der Waals surface area contributed by atoms with Gasteiger partial charge in [0.05, 0.1) is 30.7 Å². The van der Waals surface area contributed by atoms with E-state index in [0.717, 1.165) is 12.1 Å². The monoisotopic (exact) mass is 480 g/mol. The quantitative estimate of drug-likeness (QED) is 0.464. The number of carbonyl (C=O) groups excluding carboxylic acids is 2. The Hall–Kier alpha value is -3.18. The van der Waals surface area contributed by atoms with Crippen molar-refractivity contribution in [1.29, 1.82) is 0 Å². The Kier molecular flexibility index (Phi) is 8.83. The summed E-state index contributed by atoms with van der Waals surface area (Å²) in [6.45, 7) is 0.0920. The first kappa shape index (κ1) is 25.4. The maximum atomic E-state index is 12.7. The van der Waals surface area contributed by atoms with Gasteiger partial charge in [0.25, 0.3) is 0 Å². The van der Waals surface area contributed by atoms with Crippen LogP contribution < -0.4 is 16.0 Å². The zero-order valence-corrected chi connectivity index (χ0v) is 18.3. The SMILES string of the molecule is O=C(Cc1ccccn1)NCC[C@H]1CC[C@@H](NC(=O)Nc2ccc(C(F)(F)F)cc2)[C@@H](CO)O1. The molecule has 1 aliphatic rings. The van der Waals surface area contributed by atoms with Crippen LogP contribution in [-0.2, 0) is 22.1 Å². The van der Waals surface area contributed by atoms with Gasteiger partial charge in [0.2, 0.25) is 5.91 Å². The molecule has 3 amide bonds. The molecule has 34 heavy (non-hydrogen) atoms. The van der Waals surface area contributed by atoms with Crippen molar-refractivity contribution in [1.82, 2.24) is 15.6 Å². The van der Waals surface area contributed by atoms with Crippen LogP contribution in [-0.4, -0.2) is 53.4 Å². The summed E-state index contributed by atoms with van der Waals surface area (Å²) in [5.74, 6) is -0.146. The second-order valence-corrected chi connectivity index (χ2v) is 7.97. The van der Waals surface area contributed by atoms with Crippen molar-refractivity contribution in [2.45, 2.75) is 50.1 Å². The molecule has 3 atom stereocenters. The molecule has 0 saturated carbocycles. The minimum atomic E-state index is -4.45. The average molecular weight is 480 g/mol. The number of anilines is 1. The van der Waals surface area contributed by atoms with E-state index in [0.29, 0.717) is 31.5 Å². The average Bonchev–Trinajstić information content (AvgIpc) is 2.80. The van der Waals surface area contributed by atoms with E-state index in [1.54, 1.807) is 18.3 Å². The highest BCUT2D eigenvalue weighted by atomic mass is 19.4. The van der Waals surface area contributed by atoms with Crippen molar-refractivity contribution in [3.63, 3.8) is 0 Å². The molecule has 1 saturated heterocycles. The number of amides is 3. The Morgan fingerprint density at radius 2 is 1.88 bits per heavy atom. The Balaban J connectivity index is 1.40. The van der Waals surface area contributed by atoms with Crippen molar-refractivity contribution in [2.75, 3.05) is 18.5 Å². The molecule has 0 radical (unpaired) electrons. The standard InChI is InChI=1S/C23H27F3N4O4/c24-23(25,26)15-4-6-16(7-5-15)29-22(33)30-19-9-8-18(34-20(19)14-31)10-12-28-21(32)13-17-3-1-2-11-27-17/h1-7,11,18-20,31H,8-10,12-14H2,(H,28,32)(H2,29,30,33)/t18-,19-,20-/m1/s1. The van der Waals surface area contributed by atoms with E-state index in [-0.39, 0.29) is 30.7 Å². The number of urea groups is 1. The summed E-state index contributed by atoms with van der Waals surface area (Å²) >= 11 is 0. The van der Waals surface area contributed by atoms with Crippen molar-refractivity contribution in [2.24, 2.45) is 0 Å². The van der Waals surface area contributed by atoms with Gasteiger partial charge in [-0.2, -0.15) is 13.2 Å². The van der Waals surface area contributed by atoms with E-state index in [2.05, 4.69) is 20.9 Å². The number of nitrogens with zero attached hydrogens (tertiary/aromatic N) is 1. The van der Waals surface area contributed by atoms with Crippen LogP contribution in [0.5, 0.6) is 0 Å². The minimum absolute atomic E-state index is 0.146. The van der Waals surface area contributed by atoms with Crippen molar-refractivity contribution >= 4 is 17.6 Å². The van der Waals surface area contributed by atoms with Crippen LogP contribution in [0.3, 0.4) is 0 Å². The molecule has 0 unspecified atom stereocenters. The number of ether oxygens (including phenoxy) is 1. The number of alkyl halides is 3. The molecular weight excluding hydrogens is 453 g/mol. The summed E-state index contributed by atoms with van der Waals surface area (Å²) in [4.78, 5) is 28.4. The lowest BCUT2D eigenvalue weighted by Gasteiger charge is -2.36. The van der Waals surface area contributed by atoms with Gasteiger partial charge in [0.15, 0.2) is 0 Å². The van der Waals surface area contributed by atoms with Crippen LogP contribution >= 0.6 is 0 Å². The van der Waals surface area contributed by atoms with Crippen LogP contribution in [0.1, 0.15) is 30.5 Å². The topological polar surface area (TPSA) is 113 Å². The Morgan fingerprint density at radius 3 is 2.53 bits per heavy atom. The number of halogens is 3. The van der Waals surface area contributed by atoms with Gasteiger partial charge in [0, 0.05) is 24.1 Å². The molecule has 2 heterocycles.